The molecule has 1 aromatic rings. The maximum absolute atomic E-state index is 11.9. The lowest BCUT2D eigenvalue weighted by molar-refractivity contribution is -0.142. The van der Waals surface area contributed by atoms with Crippen molar-refractivity contribution in [1.82, 2.24) is 14.8 Å². The van der Waals surface area contributed by atoms with E-state index >= 15 is 0 Å². The summed E-state index contributed by atoms with van der Waals surface area (Å²) in [5.74, 6) is 0.391. The van der Waals surface area contributed by atoms with Crippen molar-refractivity contribution in [3.05, 3.63) is 11.6 Å². The number of hydrogen-bond acceptors (Lipinski definition) is 5. The first-order chi connectivity index (χ1) is 9.47. The Kier molecular flexibility index (Phi) is 3.27. The van der Waals surface area contributed by atoms with Crippen molar-refractivity contribution >= 4 is 15.8 Å². The van der Waals surface area contributed by atoms with Crippen molar-refractivity contribution < 1.29 is 18.3 Å². The van der Waals surface area contributed by atoms with E-state index in [0.29, 0.717) is 43.9 Å². The summed E-state index contributed by atoms with van der Waals surface area (Å²) in [6.07, 6.45) is 2.72. The van der Waals surface area contributed by atoms with Crippen LogP contribution in [-0.2, 0) is 34.0 Å². The van der Waals surface area contributed by atoms with Gasteiger partial charge in [0.25, 0.3) is 0 Å². The van der Waals surface area contributed by atoms with Gasteiger partial charge in [0.15, 0.2) is 9.84 Å². The minimum Gasteiger partial charge on any atom is -0.481 e. The van der Waals surface area contributed by atoms with Gasteiger partial charge >= 0.3 is 5.97 Å². The molecule has 0 aromatic carbocycles. The second-order valence-electron chi connectivity index (χ2n) is 5.55. The molecule has 1 fully saturated rings. The third-order valence-corrected chi connectivity index (χ3v) is 6.53. The first-order valence-corrected chi connectivity index (χ1v) is 8.54. The van der Waals surface area contributed by atoms with E-state index in [2.05, 4.69) is 10.2 Å². The molecule has 110 valence electrons. The van der Waals surface area contributed by atoms with E-state index in [-0.39, 0.29) is 11.0 Å². The molecule has 2 unspecified atom stereocenters. The van der Waals surface area contributed by atoms with Crippen LogP contribution in [-0.4, -0.2) is 45.3 Å². The Balaban J connectivity index is 1.79. The van der Waals surface area contributed by atoms with Crippen LogP contribution in [0.25, 0.3) is 0 Å². The van der Waals surface area contributed by atoms with Crippen molar-refractivity contribution in [2.75, 3.05) is 5.75 Å². The molecule has 0 spiro atoms. The lowest BCUT2D eigenvalue weighted by Crippen LogP contribution is -2.28. The van der Waals surface area contributed by atoms with E-state index in [9.17, 15) is 13.2 Å². The van der Waals surface area contributed by atoms with Crippen LogP contribution in [0, 0.1) is 5.92 Å². The van der Waals surface area contributed by atoms with Gasteiger partial charge in [0.05, 0.1) is 16.9 Å². The maximum atomic E-state index is 11.9. The number of fused-ring (bicyclic) bond motifs is 1. The average Bonchev–Trinajstić information content (AvgIpc) is 2.94. The fraction of sp³-hybridized carbons (Fsp3) is 0.750. The largest absolute Gasteiger partial charge is 0.481 e. The van der Waals surface area contributed by atoms with E-state index < -0.39 is 21.7 Å². The predicted octanol–water partition coefficient (Wildman–Crippen LogP) is 0.0448. The van der Waals surface area contributed by atoms with Gasteiger partial charge in [-0.05, 0) is 19.3 Å². The highest BCUT2D eigenvalue weighted by atomic mass is 32.2. The molecule has 0 amide bonds. The van der Waals surface area contributed by atoms with Crippen LogP contribution in [0.3, 0.4) is 0 Å². The molecule has 0 bridgehead atoms. The number of rotatable bonds is 3. The van der Waals surface area contributed by atoms with Crippen molar-refractivity contribution in [2.45, 2.75) is 43.9 Å². The Morgan fingerprint density at radius 3 is 2.80 bits per heavy atom. The molecule has 1 aromatic heterocycles. The number of carbonyl (C=O) groups is 1. The van der Waals surface area contributed by atoms with Crippen LogP contribution in [0.5, 0.6) is 0 Å². The Morgan fingerprint density at radius 1 is 1.35 bits per heavy atom. The summed E-state index contributed by atoms with van der Waals surface area (Å²) >= 11 is 0. The van der Waals surface area contributed by atoms with Crippen LogP contribution < -0.4 is 0 Å². The zero-order chi connectivity index (χ0) is 14.3. The fourth-order valence-electron chi connectivity index (χ4n) is 3.04. The van der Waals surface area contributed by atoms with Crippen molar-refractivity contribution in [3.63, 3.8) is 0 Å². The number of nitrogens with zero attached hydrogens (tertiary/aromatic N) is 3. The standard InChI is InChI=1S/C12H17N3O4S/c16-12(17)8-3-4-15-10(6-8)13-14-11(15)7-9-2-1-5-20(9,18)19/h8-9H,1-7H2,(H,16,17). The van der Waals surface area contributed by atoms with Gasteiger partial charge in [-0.1, -0.05) is 0 Å². The van der Waals surface area contributed by atoms with Crippen LogP contribution in [0.4, 0.5) is 0 Å². The fourth-order valence-corrected chi connectivity index (χ4v) is 4.87. The van der Waals surface area contributed by atoms with E-state index in [1.807, 2.05) is 4.57 Å². The van der Waals surface area contributed by atoms with Gasteiger partial charge in [-0.2, -0.15) is 0 Å². The third-order valence-electron chi connectivity index (χ3n) is 4.26. The number of hydrogen-bond donors (Lipinski definition) is 1. The highest BCUT2D eigenvalue weighted by Crippen LogP contribution is 2.26. The van der Waals surface area contributed by atoms with Gasteiger partial charge in [-0.15, -0.1) is 10.2 Å². The van der Waals surface area contributed by atoms with Crippen molar-refractivity contribution in [2.24, 2.45) is 5.92 Å². The van der Waals surface area contributed by atoms with Gasteiger partial charge in [0.1, 0.15) is 11.6 Å². The molecule has 0 aliphatic carbocycles. The van der Waals surface area contributed by atoms with Crippen LogP contribution in [0.2, 0.25) is 0 Å². The highest BCUT2D eigenvalue weighted by molar-refractivity contribution is 7.92. The second-order valence-corrected chi connectivity index (χ2v) is 7.95. The molecule has 20 heavy (non-hydrogen) atoms. The van der Waals surface area contributed by atoms with E-state index in [1.165, 1.54) is 0 Å². The molecule has 3 rings (SSSR count). The van der Waals surface area contributed by atoms with E-state index in [4.69, 9.17) is 5.11 Å². The summed E-state index contributed by atoms with van der Waals surface area (Å²) < 4.78 is 25.6. The number of sulfone groups is 1. The molecule has 2 aliphatic rings. The molecule has 2 aliphatic heterocycles. The summed E-state index contributed by atoms with van der Waals surface area (Å²) in [6, 6.07) is 0. The second kappa shape index (κ2) is 4.83. The molecule has 1 N–H and O–H groups in total. The first kappa shape index (κ1) is 13.5. The summed E-state index contributed by atoms with van der Waals surface area (Å²) in [5.41, 5.74) is 0. The third kappa shape index (κ3) is 2.32. The van der Waals surface area contributed by atoms with Crippen LogP contribution in [0.15, 0.2) is 0 Å². The van der Waals surface area contributed by atoms with Gasteiger partial charge in [-0.3, -0.25) is 4.79 Å². The molecule has 0 radical (unpaired) electrons. The number of aliphatic carboxylic acids is 1. The van der Waals surface area contributed by atoms with Gasteiger partial charge < -0.3 is 9.67 Å². The zero-order valence-corrected chi connectivity index (χ0v) is 11.8. The quantitative estimate of drug-likeness (QED) is 0.845. The zero-order valence-electron chi connectivity index (χ0n) is 11.0. The predicted molar refractivity (Wildman–Crippen MR) is 70.0 cm³/mol. The molecular formula is C12H17N3O4S. The summed E-state index contributed by atoms with van der Waals surface area (Å²) in [5, 5.41) is 16.8. The topological polar surface area (TPSA) is 102 Å². The number of aromatic nitrogens is 3. The minimum atomic E-state index is -2.99. The number of carboxylic acids is 1. The molecule has 2 atom stereocenters. The Hall–Kier alpha value is -1.44. The summed E-state index contributed by atoms with van der Waals surface area (Å²) in [7, 11) is -2.99. The molecule has 7 nitrogen and oxygen atoms in total. The van der Waals surface area contributed by atoms with Gasteiger partial charge in [0.2, 0.25) is 0 Å². The molecular weight excluding hydrogens is 282 g/mol. The summed E-state index contributed by atoms with van der Waals surface area (Å²) in [4.78, 5) is 11.0. The van der Waals surface area contributed by atoms with E-state index in [1.54, 1.807) is 0 Å². The number of carboxylic acid groups (broad SMARTS) is 1. The summed E-state index contributed by atoms with van der Waals surface area (Å²) in [6.45, 7) is 0.557. The molecule has 0 saturated carbocycles. The van der Waals surface area contributed by atoms with Gasteiger partial charge in [-0.25, -0.2) is 8.42 Å². The molecule has 3 heterocycles. The monoisotopic (exact) mass is 299 g/mol. The lowest BCUT2D eigenvalue weighted by Gasteiger charge is -2.21. The van der Waals surface area contributed by atoms with Crippen molar-refractivity contribution in [1.29, 1.82) is 0 Å². The SMILES string of the molecule is O=C(O)C1CCn2c(nnc2CC2CCCS2(=O)=O)C1. The lowest BCUT2D eigenvalue weighted by atomic mass is 9.98. The van der Waals surface area contributed by atoms with Crippen LogP contribution >= 0.6 is 0 Å². The maximum Gasteiger partial charge on any atom is 0.307 e. The average molecular weight is 299 g/mol. The Bertz CT molecular complexity index is 637. The Labute approximate surface area is 116 Å². The van der Waals surface area contributed by atoms with E-state index in [0.717, 1.165) is 6.42 Å². The normalized spacial score (nSPS) is 28.2. The van der Waals surface area contributed by atoms with Crippen molar-refractivity contribution in [3.8, 4) is 0 Å². The molecule has 8 heteroatoms. The smallest absolute Gasteiger partial charge is 0.307 e. The highest BCUT2D eigenvalue weighted by Gasteiger charge is 2.34. The molecule has 1 saturated heterocycles. The minimum absolute atomic E-state index is 0.264. The first-order valence-electron chi connectivity index (χ1n) is 6.82. The van der Waals surface area contributed by atoms with Gasteiger partial charge in [0, 0.05) is 19.4 Å². The van der Waals surface area contributed by atoms with Crippen LogP contribution in [0.1, 0.15) is 30.9 Å². The Morgan fingerprint density at radius 2 is 2.15 bits per heavy atom.